The molecule has 11 nitrogen and oxygen atoms in total. The van der Waals surface area contributed by atoms with E-state index in [1.807, 2.05) is 0 Å². The van der Waals surface area contributed by atoms with Crippen molar-refractivity contribution in [3.8, 4) is 5.75 Å². The minimum atomic E-state index is -3.01. The summed E-state index contributed by atoms with van der Waals surface area (Å²) in [5.74, 6) is -6.59. The first-order valence-electron chi connectivity index (χ1n) is 16.4. The molecule has 0 aliphatic heterocycles. The van der Waals surface area contributed by atoms with Crippen molar-refractivity contribution in [2.24, 2.45) is 11.8 Å². The molecule has 258 valence electrons. The molecular weight excluding hydrogens is 594 g/mol. The molecule has 1 rings (SSSR count). The number of unbranched alkanes of at least 4 members (excludes halogenated alkanes) is 7. The molecule has 0 aliphatic carbocycles. The van der Waals surface area contributed by atoms with Crippen LogP contribution in [0.1, 0.15) is 110 Å². The third-order valence-corrected chi connectivity index (χ3v) is 7.74. The number of benzene rings is 1. The summed E-state index contributed by atoms with van der Waals surface area (Å²) in [5, 5.41) is 42.0. The minimum Gasteiger partial charge on any atom is -0.494 e. The first-order valence-corrected chi connectivity index (χ1v) is 16.4. The number of Topliss-reactive ketones (excluding diaryl/α,β-unsaturated/α-hetero) is 1. The van der Waals surface area contributed by atoms with Gasteiger partial charge in [0.2, 0.25) is 5.91 Å². The van der Waals surface area contributed by atoms with Crippen LogP contribution in [0.5, 0.6) is 5.75 Å². The zero-order valence-corrected chi connectivity index (χ0v) is 27.5. The Kier molecular flexibility index (Phi) is 19.2. The van der Waals surface area contributed by atoms with Gasteiger partial charge < -0.3 is 30.5 Å². The Hall–Kier alpha value is -3.73. The van der Waals surface area contributed by atoms with Crippen LogP contribution < -0.4 is 10.1 Å². The van der Waals surface area contributed by atoms with Gasteiger partial charge in [0, 0.05) is 19.3 Å². The summed E-state index contributed by atoms with van der Waals surface area (Å²) in [6, 6.07) is 5.21. The predicted octanol–water partition coefficient (Wildman–Crippen LogP) is 5.57. The number of rotatable bonds is 26. The minimum absolute atomic E-state index is 0.143. The molecule has 0 aliphatic rings. The van der Waals surface area contributed by atoms with Gasteiger partial charge in [0.25, 0.3) is 0 Å². The van der Waals surface area contributed by atoms with Gasteiger partial charge in [-0.25, -0.2) is 9.59 Å². The number of carboxylic acids is 3. The molecule has 1 aromatic rings. The molecule has 1 aromatic carbocycles. The average Bonchev–Trinajstić information content (AvgIpc) is 2.98. The number of amides is 1. The van der Waals surface area contributed by atoms with E-state index in [1.165, 1.54) is 6.08 Å². The lowest BCUT2D eigenvalue weighted by atomic mass is 9.82. The molecule has 0 fully saturated rings. The quantitative estimate of drug-likeness (QED) is 0.0629. The van der Waals surface area contributed by atoms with E-state index in [1.54, 1.807) is 24.3 Å². The van der Waals surface area contributed by atoms with Crippen molar-refractivity contribution in [3.05, 3.63) is 42.0 Å². The molecule has 0 bridgehead atoms. The molecule has 1 amide bonds. The lowest BCUT2D eigenvalue weighted by Gasteiger charge is -2.29. The number of carbonyl (C=O) groups excluding carboxylic acids is 2. The molecule has 0 spiro atoms. The monoisotopic (exact) mass is 647 g/mol. The van der Waals surface area contributed by atoms with Crippen LogP contribution in [0.2, 0.25) is 0 Å². The maximum atomic E-state index is 13.3. The molecule has 5 N–H and O–H groups in total. The van der Waals surface area contributed by atoms with E-state index in [0.717, 1.165) is 57.4 Å². The second-order valence-electron chi connectivity index (χ2n) is 12.3. The van der Waals surface area contributed by atoms with Crippen LogP contribution in [0.3, 0.4) is 0 Å². The Labute approximate surface area is 272 Å². The first-order chi connectivity index (χ1) is 21.8. The summed E-state index contributed by atoms with van der Waals surface area (Å²) in [7, 11) is 0. The van der Waals surface area contributed by atoms with Crippen molar-refractivity contribution in [2.45, 2.75) is 122 Å². The summed E-state index contributed by atoms with van der Waals surface area (Å²) in [6.07, 6.45) is 10.9. The van der Waals surface area contributed by atoms with Gasteiger partial charge in [-0.3, -0.25) is 14.4 Å². The predicted molar refractivity (Wildman–Crippen MR) is 174 cm³/mol. The molecule has 0 aromatic heterocycles. The second kappa shape index (κ2) is 21.9. The Bertz CT molecular complexity index is 1130. The van der Waals surface area contributed by atoms with E-state index in [2.05, 4.69) is 26.1 Å². The highest BCUT2D eigenvalue weighted by atomic mass is 16.5. The van der Waals surface area contributed by atoms with Gasteiger partial charge in [0.15, 0.2) is 5.60 Å². The molecule has 0 heterocycles. The van der Waals surface area contributed by atoms with E-state index in [9.17, 15) is 44.4 Å². The number of nitrogens with one attached hydrogen (secondary N) is 1. The van der Waals surface area contributed by atoms with Crippen LogP contribution in [0.25, 0.3) is 0 Å². The molecule has 46 heavy (non-hydrogen) atoms. The molecule has 0 radical (unpaired) electrons. The van der Waals surface area contributed by atoms with Gasteiger partial charge >= 0.3 is 17.9 Å². The van der Waals surface area contributed by atoms with Crippen LogP contribution in [-0.4, -0.2) is 68.3 Å². The van der Waals surface area contributed by atoms with Crippen molar-refractivity contribution in [3.63, 3.8) is 0 Å². The van der Waals surface area contributed by atoms with Crippen LogP contribution in [0.15, 0.2) is 36.4 Å². The van der Waals surface area contributed by atoms with Crippen molar-refractivity contribution >= 4 is 29.6 Å². The van der Waals surface area contributed by atoms with Crippen LogP contribution in [0, 0.1) is 11.8 Å². The van der Waals surface area contributed by atoms with Crippen molar-refractivity contribution in [2.75, 3.05) is 6.61 Å². The fourth-order valence-electron chi connectivity index (χ4n) is 4.89. The summed E-state index contributed by atoms with van der Waals surface area (Å²) in [4.78, 5) is 60.8. The average molecular weight is 648 g/mol. The van der Waals surface area contributed by atoms with Crippen molar-refractivity contribution in [1.29, 1.82) is 0 Å². The van der Waals surface area contributed by atoms with Gasteiger partial charge in [0.1, 0.15) is 17.6 Å². The third kappa shape index (κ3) is 16.0. The normalized spacial score (nSPS) is 14.0. The van der Waals surface area contributed by atoms with E-state index in [-0.39, 0.29) is 12.2 Å². The standard InChI is InChI=1S/C35H53NO10/c1-4-5-6-11-14-27(37)15-12-9-7-8-10-13-16-29(35(45,34(43)44)24-31(38)39)32(40)36-30(33(41)42)23-26-17-19-28(20-18-26)46-22-21-25(2)3/h13,16-20,25,29-30,45H,4-12,14-15,21-24H2,1-3H3,(H,36,40)(H,38,39)(H,41,42)(H,43,44)/b16-13+/t29-,30+,35-/m1/s1. The third-order valence-electron chi connectivity index (χ3n) is 7.74. The smallest absolute Gasteiger partial charge is 0.337 e. The molecule has 11 heteroatoms. The highest BCUT2D eigenvalue weighted by Gasteiger charge is 2.49. The number of carboxylic acid groups (broad SMARTS) is 3. The zero-order valence-electron chi connectivity index (χ0n) is 27.5. The number of allylic oxidation sites excluding steroid dienone is 1. The van der Waals surface area contributed by atoms with E-state index in [4.69, 9.17) is 4.74 Å². The summed E-state index contributed by atoms with van der Waals surface area (Å²) < 4.78 is 5.68. The van der Waals surface area contributed by atoms with Crippen LogP contribution in [0.4, 0.5) is 0 Å². The highest BCUT2D eigenvalue weighted by Crippen LogP contribution is 2.26. The number of hydrogen-bond acceptors (Lipinski definition) is 7. The van der Waals surface area contributed by atoms with E-state index >= 15 is 0 Å². The molecule has 0 saturated carbocycles. The second-order valence-corrected chi connectivity index (χ2v) is 12.3. The van der Waals surface area contributed by atoms with Crippen molar-refractivity contribution < 1.29 is 49.1 Å². The summed E-state index contributed by atoms with van der Waals surface area (Å²) >= 11 is 0. The number of ketones is 1. The van der Waals surface area contributed by atoms with E-state index < -0.39 is 47.8 Å². The summed E-state index contributed by atoms with van der Waals surface area (Å²) in [5.41, 5.74) is -2.45. The van der Waals surface area contributed by atoms with Gasteiger partial charge in [0.05, 0.1) is 18.9 Å². The Morgan fingerprint density at radius 3 is 2.04 bits per heavy atom. The van der Waals surface area contributed by atoms with E-state index in [0.29, 0.717) is 49.5 Å². The Morgan fingerprint density at radius 1 is 0.891 bits per heavy atom. The van der Waals surface area contributed by atoms with Gasteiger partial charge in [-0.1, -0.05) is 77.2 Å². The fraction of sp³-hybridized carbons (Fsp3) is 0.629. The van der Waals surface area contributed by atoms with Gasteiger partial charge in [-0.15, -0.1) is 0 Å². The Balaban J connectivity index is 2.86. The topological polar surface area (TPSA) is 188 Å². The SMILES string of the molecule is CCCCCCC(=O)CCCCCC/C=C/[C@H](C(=O)N[C@@H](Cc1ccc(OCCC(C)C)cc1)C(=O)O)[C@](O)(CC(=O)O)C(=O)O. The fourth-order valence-corrected chi connectivity index (χ4v) is 4.89. The van der Waals surface area contributed by atoms with Gasteiger partial charge in [-0.2, -0.15) is 0 Å². The summed E-state index contributed by atoms with van der Waals surface area (Å²) in [6.45, 7) is 6.81. The molecule has 0 unspecified atom stereocenters. The molecular formula is C35H53NO10. The molecule has 0 saturated heterocycles. The number of hydrogen-bond donors (Lipinski definition) is 5. The lowest BCUT2D eigenvalue weighted by molar-refractivity contribution is -0.172. The van der Waals surface area contributed by atoms with Crippen LogP contribution >= 0.6 is 0 Å². The number of ether oxygens (including phenoxy) is 1. The largest absolute Gasteiger partial charge is 0.494 e. The van der Waals surface area contributed by atoms with Crippen molar-refractivity contribution in [1.82, 2.24) is 5.32 Å². The molecule has 3 atom stereocenters. The number of aliphatic carboxylic acids is 3. The lowest BCUT2D eigenvalue weighted by Crippen LogP contribution is -2.55. The maximum absolute atomic E-state index is 13.3. The van der Waals surface area contributed by atoms with Gasteiger partial charge in [-0.05, 0) is 55.7 Å². The first kappa shape index (κ1) is 40.3. The zero-order chi connectivity index (χ0) is 34.5. The van der Waals surface area contributed by atoms with Crippen LogP contribution in [-0.2, 0) is 30.4 Å². The highest BCUT2D eigenvalue weighted by molar-refractivity contribution is 5.94. The number of aliphatic hydroxyl groups is 1. The number of carbonyl (C=O) groups is 5. The maximum Gasteiger partial charge on any atom is 0.337 e. The Morgan fingerprint density at radius 2 is 1.50 bits per heavy atom.